The van der Waals surface area contributed by atoms with Crippen LogP contribution in [0, 0.1) is 30.9 Å². The number of hydrogen-bond donors (Lipinski definition) is 0. The average Bonchev–Trinajstić information content (AvgIpc) is 3.28. The first kappa shape index (κ1) is 21.0. The summed E-state index contributed by atoms with van der Waals surface area (Å²) in [5, 5.41) is 11.4. The van der Waals surface area contributed by atoms with Crippen molar-refractivity contribution in [2.45, 2.75) is 20.8 Å². The summed E-state index contributed by atoms with van der Waals surface area (Å²) in [6, 6.07) is 14.2. The molecule has 0 N–H and O–H groups in total. The summed E-state index contributed by atoms with van der Waals surface area (Å²) in [5.41, 5.74) is 3.91. The van der Waals surface area contributed by atoms with Crippen molar-refractivity contribution in [1.82, 2.24) is 0 Å². The van der Waals surface area contributed by atoms with Gasteiger partial charge in [0.25, 0.3) is 11.6 Å². The SMILES string of the molecule is Cc1ccc(C)c(N2C(=O)C(=Cc3ccc(-c4ccc(C)cc4[N+](=O)[O-])o3)SC2=S)c1. The van der Waals surface area contributed by atoms with Gasteiger partial charge in [-0.05, 0) is 61.7 Å². The molecule has 0 saturated carbocycles. The van der Waals surface area contributed by atoms with E-state index in [9.17, 15) is 14.9 Å². The molecule has 0 spiro atoms. The molecule has 31 heavy (non-hydrogen) atoms. The fourth-order valence-corrected chi connectivity index (χ4v) is 4.61. The number of hydrogen-bond acceptors (Lipinski definition) is 6. The molecule has 2 aromatic carbocycles. The smallest absolute Gasteiger partial charge is 0.280 e. The molecule has 0 atom stereocenters. The topological polar surface area (TPSA) is 76.6 Å². The van der Waals surface area contributed by atoms with E-state index < -0.39 is 4.92 Å². The van der Waals surface area contributed by atoms with Crippen molar-refractivity contribution < 1.29 is 14.1 Å². The fourth-order valence-electron chi connectivity index (χ4n) is 3.34. The van der Waals surface area contributed by atoms with Crippen LogP contribution in [0.2, 0.25) is 0 Å². The number of carbonyl (C=O) groups excluding carboxylic acids is 1. The summed E-state index contributed by atoms with van der Waals surface area (Å²) in [5.74, 6) is 0.567. The van der Waals surface area contributed by atoms with Crippen LogP contribution in [0.3, 0.4) is 0 Å². The number of furan rings is 1. The molecule has 1 saturated heterocycles. The first-order valence-electron chi connectivity index (χ1n) is 9.45. The summed E-state index contributed by atoms with van der Waals surface area (Å²) >= 11 is 6.66. The Kier molecular flexibility index (Phi) is 5.51. The molecule has 2 heterocycles. The number of benzene rings is 2. The van der Waals surface area contributed by atoms with Crippen LogP contribution >= 0.6 is 24.0 Å². The van der Waals surface area contributed by atoms with Gasteiger partial charge in [0.2, 0.25) is 0 Å². The lowest BCUT2D eigenvalue weighted by molar-refractivity contribution is -0.384. The van der Waals surface area contributed by atoms with Crippen molar-refractivity contribution in [1.29, 1.82) is 0 Å². The molecule has 156 valence electrons. The van der Waals surface area contributed by atoms with E-state index in [2.05, 4.69) is 0 Å². The Morgan fingerprint density at radius 3 is 2.52 bits per heavy atom. The lowest BCUT2D eigenvalue weighted by Gasteiger charge is -2.17. The molecule has 6 nitrogen and oxygen atoms in total. The van der Waals surface area contributed by atoms with E-state index in [-0.39, 0.29) is 11.6 Å². The van der Waals surface area contributed by atoms with Gasteiger partial charge in [-0.3, -0.25) is 19.8 Å². The molecular formula is C23H18N2O4S2. The van der Waals surface area contributed by atoms with Crippen LogP contribution < -0.4 is 4.90 Å². The van der Waals surface area contributed by atoms with Crippen molar-refractivity contribution in [3.63, 3.8) is 0 Å². The van der Waals surface area contributed by atoms with Crippen molar-refractivity contribution in [2.24, 2.45) is 0 Å². The third-order valence-electron chi connectivity index (χ3n) is 4.91. The zero-order chi connectivity index (χ0) is 22.3. The predicted molar refractivity (Wildman–Crippen MR) is 127 cm³/mol. The summed E-state index contributed by atoms with van der Waals surface area (Å²) in [6.07, 6.45) is 1.62. The maximum absolute atomic E-state index is 13.1. The maximum atomic E-state index is 13.1. The lowest BCUT2D eigenvalue weighted by Crippen LogP contribution is -2.28. The van der Waals surface area contributed by atoms with E-state index in [4.69, 9.17) is 16.6 Å². The number of carbonyl (C=O) groups is 1. The van der Waals surface area contributed by atoms with Crippen LogP contribution in [0.1, 0.15) is 22.5 Å². The Bertz CT molecular complexity index is 1280. The number of thiocarbonyl (C=S) groups is 1. The molecule has 0 unspecified atom stereocenters. The molecule has 1 fully saturated rings. The van der Waals surface area contributed by atoms with Crippen LogP contribution in [-0.2, 0) is 4.79 Å². The van der Waals surface area contributed by atoms with Gasteiger partial charge < -0.3 is 4.42 Å². The molecule has 8 heteroatoms. The first-order valence-corrected chi connectivity index (χ1v) is 10.7. The highest BCUT2D eigenvalue weighted by molar-refractivity contribution is 8.27. The summed E-state index contributed by atoms with van der Waals surface area (Å²) in [7, 11) is 0. The van der Waals surface area contributed by atoms with Gasteiger partial charge in [0.05, 0.1) is 21.1 Å². The number of nitro groups is 1. The molecule has 3 aromatic rings. The van der Waals surface area contributed by atoms with E-state index in [1.54, 1.807) is 37.3 Å². The van der Waals surface area contributed by atoms with Crippen LogP contribution in [0.25, 0.3) is 17.4 Å². The first-order chi connectivity index (χ1) is 14.7. The third kappa shape index (κ3) is 4.04. The predicted octanol–water partition coefficient (Wildman–Crippen LogP) is 6.19. The minimum Gasteiger partial charge on any atom is -0.456 e. The van der Waals surface area contributed by atoms with Gasteiger partial charge in [-0.15, -0.1) is 0 Å². The molecule has 1 aliphatic rings. The van der Waals surface area contributed by atoms with E-state index in [1.807, 2.05) is 32.0 Å². The minimum absolute atomic E-state index is 0.0258. The van der Waals surface area contributed by atoms with E-state index in [0.29, 0.717) is 26.3 Å². The zero-order valence-electron chi connectivity index (χ0n) is 17.0. The van der Waals surface area contributed by atoms with Crippen LogP contribution in [0.15, 0.2) is 57.9 Å². The average molecular weight is 451 g/mol. The summed E-state index contributed by atoms with van der Waals surface area (Å²) in [4.78, 5) is 26.0. The molecule has 0 bridgehead atoms. The number of thioether (sulfide) groups is 1. The molecule has 0 aliphatic carbocycles. The van der Waals surface area contributed by atoms with Gasteiger partial charge in [-0.2, -0.15) is 0 Å². The minimum atomic E-state index is -0.431. The Morgan fingerprint density at radius 1 is 1.06 bits per heavy atom. The van der Waals surface area contributed by atoms with Gasteiger partial charge in [0, 0.05) is 12.1 Å². The Labute approximate surface area is 188 Å². The number of rotatable bonds is 4. The van der Waals surface area contributed by atoms with Gasteiger partial charge >= 0.3 is 0 Å². The van der Waals surface area contributed by atoms with Crippen LogP contribution in [0.4, 0.5) is 11.4 Å². The largest absolute Gasteiger partial charge is 0.456 e. The second-order valence-electron chi connectivity index (χ2n) is 7.29. The Balaban J connectivity index is 1.66. The van der Waals surface area contributed by atoms with Crippen LogP contribution in [0.5, 0.6) is 0 Å². The summed E-state index contributed by atoms with van der Waals surface area (Å²) in [6.45, 7) is 5.69. The maximum Gasteiger partial charge on any atom is 0.280 e. The Hall–Kier alpha value is -3.23. The standard InChI is InChI=1S/C23H18N2O4S2/c1-13-4-6-15(3)18(10-13)24-22(26)21(31-23(24)30)12-16-7-9-20(29-16)17-8-5-14(2)11-19(17)25(27)28/h4-12H,1-3H3. The second kappa shape index (κ2) is 8.13. The van der Waals surface area contributed by atoms with Gasteiger partial charge in [-0.25, -0.2) is 0 Å². The number of amides is 1. The quantitative estimate of drug-likeness (QED) is 0.204. The van der Waals surface area contributed by atoms with Gasteiger partial charge in [0.1, 0.15) is 11.5 Å². The van der Waals surface area contributed by atoms with Crippen molar-refractivity contribution in [2.75, 3.05) is 4.90 Å². The summed E-state index contributed by atoms with van der Waals surface area (Å²) < 4.78 is 6.27. The number of nitro benzene ring substituents is 1. The van der Waals surface area contributed by atoms with E-state index in [1.165, 1.54) is 22.7 Å². The van der Waals surface area contributed by atoms with Crippen molar-refractivity contribution in [3.8, 4) is 11.3 Å². The molecule has 0 radical (unpaired) electrons. The molecule has 4 rings (SSSR count). The third-order valence-corrected chi connectivity index (χ3v) is 6.22. The number of nitrogens with zero attached hydrogens (tertiary/aromatic N) is 2. The van der Waals surface area contributed by atoms with Crippen LogP contribution in [-0.4, -0.2) is 15.2 Å². The lowest BCUT2D eigenvalue weighted by atomic mass is 10.1. The van der Waals surface area contributed by atoms with Gasteiger partial charge in [0.15, 0.2) is 4.32 Å². The normalized spacial score (nSPS) is 15.2. The Morgan fingerprint density at radius 2 is 1.77 bits per heavy atom. The second-order valence-corrected chi connectivity index (χ2v) is 8.96. The van der Waals surface area contributed by atoms with Crippen molar-refractivity contribution >= 4 is 51.7 Å². The highest BCUT2D eigenvalue weighted by Crippen LogP contribution is 2.38. The molecule has 1 aliphatic heterocycles. The number of aryl methyl sites for hydroxylation is 3. The van der Waals surface area contributed by atoms with Gasteiger partial charge in [-0.1, -0.05) is 42.2 Å². The highest BCUT2D eigenvalue weighted by Gasteiger charge is 2.34. The zero-order valence-corrected chi connectivity index (χ0v) is 18.7. The highest BCUT2D eigenvalue weighted by atomic mass is 32.2. The monoisotopic (exact) mass is 450 g/mol. The fraction of sp³-hybridized carbons (Fsp3) is 0.130. The number of anilines is 1. The van der Waals surface area contributed by atoms with E-state index >= 15 is 0 Å². The molecular weight excluding hydrogens is 432 g/mol. The molecule has 1 aromatic heterocycles. The van der Waals surface area contributed by atoms with Crippen molar-refractivity contribution in [3.05, 3.63) is 86.0 Å². The van der Waals surface area contributed by atoms with E-state index in [0.717, 1.165) is 22.4 Å². The molecule has 1 amide bonds.